The van der Waals surface area contributed by atoms with E-state index < -0.39 is 0 Å². The summed E-state index contributed by atoms with van der Waals surface area (Å²) in [6, 6.07) is 0. The van der Waals surface area contributed by atoms with Crippen molar-refractivity contribution in [2.24, 2.45) is 33.9 Å². The van der Waals surface area contributed by atoms with Crippen LogP contribution in [0.5, 0.6) is 0 Å². The van der Waals surface area contributed by atoms with Gasteiger partial charge < -0.3 is 0 Å². The Morgan fingerprint density at radius 1 is 0.846 bits per heavy atom. The highest BCUT2D eigenvalue weighted by atomic mass is 16.2. The molecule has 4 aliphatic carbocycles. The Morgan fingerprint density at radius 2 is 1.31 bits per heavy atom. The third-order valence-electron chi connectivity index (χ3n) is 6.03. The average molecular weight is 354 g/mol. The number of carbonyl (C=O) groups is 2. The van der Waals surface area contributed by atoms with Crippen LogP contribution in [0.15, 0.2) is 34.5 Å². The van der Waals surface area contributed by atoms with Crippen LogP contribution in [0, 0.1) is 23.7 Å². The summed E-state index contributed by atoms with van der Waals surface area (Å²) < 4.78 is 0. The lowest BCUT2D eigenvalue weighted by atomic mass is 9.74. The van der Waals surface area contributed by atoms with Crippen molar-refractivity contribution in [3.05, 3.63) is 24.3 Å². The highest BCUT2D eigenvalue weighted by Gasteiger charge is 2.38. The third kappa shape index (κ3) is 3.64. The predicted octanol–water partition coefficient (Wildman–Crippen LogP) is 2.68. The molecule has 0 spiro atoms. The molecule has 0 unspecified atom stereocenters. The Bertz CT molecular complexity index is 647. The molecule has 0 aliphatic heterocycles. The molecule has 0 radical (unpaired) electrons. The molecule has 2 saturated carbocycles. The molecular formula is C20H26N4O2. The molecule has 2 N–H and O–H groups in total. The Labute approximate surface area is 153 Å². The monoisotopic (exact) mass is 354 g/mol. The third-order valence-corrected chi connectivity index (χ3v) is 6.03. The number of carbonyl (C=O) groups excluding carboxylic acids is 2. The van der Waals surface area contributed by atoms with Crippen molar-refractivity contribution >= 4 is 23.2 Å². The van der Waals surface area contributed by atoms with Gasteiger partial charge in [0.2, 0.25) is 11.8 Å². The van der Waals surface area contributed by atoms with Crippen LogP contribution >= 0.6 is 0 Å². The van der Waals surface area contributed by atoms with Gasteiger partial charge in [0, 0.05) is 36.1 Å². The second-order valence-electron chi connectivity index (χ2n) is 7.76. The fraction of sp³-hybridized carbons (Fsp3) is 0.600. The normalized spacial score (nSPS) is 33.5. The highest BCUT2D eigenvalue weighted by molar-refractivity contribution is 5.95. The zero-order chi connectivity index (χ0) is 17.9. The first kappa shape index (κ1) is 17.2. The predicted molar refractivity (Wildman–Crippen MR) is 100 cm³/mol. The first-order valence-electron chi connectivity index (χ1n) is 9.74. The van der Waals surface area contributed by atoms with Gasteiger partial charge in [0.1, 0.15) is 0 Å². The molecular weight excluding hydrogens is 328 g/mol. The van der Waals surface area contributed by atoms with Crippen molar-refractivity contribution in [1.82, 2.24) is 10.9 Å². The van der Waals surface area contributed by atoms with Gasteiger partial charge in [-0.1, -0.05) is 24.3 Å². The summed E-state index contributed by atoms with van der Waals surface area (Å²) in [5.41, 5.74) is 7.54. The van der Waals surface area contributed by atoms with Crippen LogP contribution in [0.25, 0.3) is 0 Å². The van der Waals surface area contributed by atoms with Gasteiger partial charge >= 0.3 is 0 Å². The van der Waals surface area contributed by atoms with E-state index in [1.54, 1.807) is 0 Å². The summed E-state index contributed by atoms with van der Waals surface area (Å²) in [7, 11) is 0. The van der Waals surface area contributed by atoms with Gasteiger partial charge in [-0.15, -0.1) is 0 Å². The fourth-order valence-corrected chi connectivity index (χ4v) is 4.28. The summed E-state index contributed by atoms with van der Waals surface area (Å²) in [6.45, 7) is 0. The van der Waals surface area contributed by atoms with Crippen molar-refractivity contribution in [3.63, 3.8) is 0 Å². The van der Waals surface area contributed by atoms with Crippen molar-refractivity contribution in [2.45, 2.75) is 51.4 Å². The van der Waals surface area contributed by atoms with E-state index >= 15 is 0 Å². The van der Waals surface area contributed by atoms with E-state index in [0.29, 0.717) is 49.4 Å². The highest BCUT2D eigenvalue weighted by Crippen LogP contribution is 2.40. The maximum atomic E-state index is 11.8. The Morgan fingerprint density at radius 3 is 1.73 bits per heavy atom. The first-order chi connectivity index (χ1) is 12.7. The number of nitrogens with zero attached hydrogens (tertiary/aromatic N) is 2. The molecule has 0 aromatic rings. The van der Waals surface area contributed by atoms with Gasteiger partial charge in [0.25, 0.3) is 0 Å². The van der Waals surface area contributed by atoms with Crippen LogP contribution in [0.1, 0.15) is 51.4 Å². The number of allylic oxidation sites excluding steroid dienone is 4. The summed E-state index contributed by atoms with van der Waals surface area (Å²) in [5.74, 6) is 2.19. The lowest BCUT2D eigenvalue weighted by Crippen LogP contribution is -2.35. The Hall–Kier alpha value is -2.24. The minimum absolute atomic E-state index is 0.0678. The van der Waals surface area contributed by atoms with Crippen LogP contribution in [0.3, 0.4) is 0 Å². The summed E-state index contributed by atoms with van der Waals surface area (Å²) in [5, 5.41) is 8.50. The minimum atomic E-state index is -0.0678. The van der Waals surface area contributed by atoms with Crippen LogP contribution in [0.4, 0.5) is 0 Å². The standard InChI is InChI=1S/C20H26N4O2/c25-19(23-21-17-11-13-5-3-7-15(13)17)9-1-2-10-20(26)24-22-18-12-14-6-4-8-16(14)18/h3-6,13-16H,1-2,7-12H2,(H,23,25)(H,24,26)/b21-17-,22-18+/t13-,14-,15+,16-/m0/s1. The van der Waals surface area contributed by atoms with Crippen molar-refractivity contribution in [3.8, 4) is 0 Å². The van der Waals surface area contributed by atoms with Gasteiger partial charge in [-0.3, -0.25) is 9.59 Å². The van der Waals surface area contributed by atoms with E-state index in [-0.39, 0.29) is 11.8 Å². The molecule has 0 aromatic heterocycles. The quantitative estimate of drug-likeness (QED) is 0.419. The first-order valence-corrected chi connectivity index (χ1v) is 9.74. The van der Waals surface area contributed by atoms with Crippen LogP contribution in [-0.4, -0.2) is 23.2 Å². The lowest BCUT2D eigenvalue weighted by molar-refractivity contribution is -0.123. The van der Waals surface area contributed by atoms with Crippen LogP contribution in [0.2, 0.25) is 0 Å². The van der Waals surface area contributed by atoms with Crippen LogP contribution < -0.4 is 10.9 Å². The number of unbranched alkanes of at least 4 members (excludes halogenated alkanes) is 1. The van der Waals surface area contributed by atoms with E-state index in [1.807, 2.05) is 0 Å². The number of nitrogens with one attached hydrogen (secondary N) is 2. The van der Waals surface area contributed by atoms with Gasteiger partial charge in [-0.25, -0.2) is 10.9 Å². The smallest absolute Gasteiger partial charge is 0.240 e. The van der Waals surface area contributed by atoms with Gasteiger partial charge in [0.05, 0.1) is 0 Å². The van der Waals surface area contributed by atoms with E-state index in [1.165, 1.54) is 0 Å². The number of hydrogen-bond donors (Lipinski definition) is 2. The molecule has 0 heterocycles. The van der Waals surface area contributed by atoms with Crippen molar-refractivity contribution in [1.29, 1.82) is 0 Å². The molecule has 4 rings (SSSR count). The Balaban J connectivity index is 1.06. The van der Waals surface area contributed by atoms with Gasteiger partial charge in [-0.2, -0.15) is 10.2 Å². The largest absolute Gasteiger partial charge is 0.273 e. The number of fused-ring (bicyclic) bond motifs is 2. The summed E-state index contributed by atoms with van der Waals surface area (Å²) in [6.07, 6.45) is 15.1. The summed E-state index contributed by atoms with van der Waals surface area (Å²) in [4.78, 5) is 23.7. The van der Waals surface area contributed by atoms with Crippen molar-refractivity contribution in [2.75, 3.05) is 0 Å². The molecule has 6 heteroatoms. The second kappa shape index (κ2) is 7.56. The topological polar surface area (TPSA) is 82.9 Å². The molecule has 2 amide bonds. The second-order valence-corrected chi connectivity index (χ2v) is 7.76. The minimum Gasteiger partial charge on any atom is -0.273 e. The van der Waals surface area contributed by atoms with E-state index in [9.17, 15) is 9.59 Å². The molecule has 26 heavy (non-hydrogen) atoms. The van der Waals surface area contributed by atoms with Gasteiger partial charge in [-0.05, 0) is 50.4 Å². The average Bonchev–Trinajstić information content (AvgIpc) is 3.15. The van der Waals surface area contributed by atoms with Crippen LogP contribution in [-0.2, 0) is 9.59 Å². The maximum absolute atomic E-state index is 11.8. The fourth-order valence-electron chi connectivity index (χ4n) is 4.28. The van der Waals surface area contributed by atoms with Gasteiger partial charge in [0.15, 0.2) is 0 Å². The molecule has 138 valence electrons. The number of rotatable bonds is 7. The molecule has 2 fully saturated rings. The Kier molecular flexibility index (Phi) is 5.00. The lowest BCUT2D eigenvalue weighted by Gasteiger charge is -2.31. The molecule has 0 aromatic carbocycles. The van der Waals surface area contributed by atoms with E-state index in [0.717, 1.165) is 37.1 Å². The molecule has 4 atom stereocenters. The zero-order valence-corrected chi connectivity index (χ0v) is 15.0. The number of hydrazone groups is 2. The summed E-state index contributed by atoms with van der Waals surface area (Å²) >= 11 is 0. The molecule has 0 bridgehead atoms. The number of hydrogen-bond acceptors (Lipinski definition) is 4. The molecule has 6 nitrogen and oxygen atoms in total. The van der Waals surface area contributed by atoms with E-state index in [2.05, 4.69) is 45.4 Å². The van der Waals surface area contributed by atoms with E-state index in [4.69, 9.17) is 0 Å². The maximum Gasteiger partial charge on any atom is 0.240 e. The zero-order valence-electron chi connectivity index (χ0n) is 15.0. The molecule has 0 saturated heterocycles. The van der Waals surface area contributed by atoms with Crippen molar-refractivity contribution < 1.29 is 9.59 Å². The molecule has 4 aliphatic rings. The SMILES string of the molecule is O=C(CCCCC(=O)N/N=C1\C[C@@H]2C=CC[C@H]12)N/N=C1/C[C@@H]2C=CC[C@@H]12. The number of amides is 2.